The summed E-state index contributed by atoms with van der Waals surface area (Å²) in [7, 11) is 0. The Kier molecular flexibility index (Phi) is 4.35. The van der Waals surface area contributed by atoms with Crippen LogP contribution in [0.2, 0.25) is 0 Å². The number of H-pyrrole nitrogens is 1. The summed E-state index contributed by atoms with van der Waals surface area (Å²) in [5.74, 6) is -0.450. The number of hydrogen-bond donors (Lipinski definition) is 3. The van der Waals surface area contributed by atoms with Crippen LogP contribution in [0.25, 0.3) is 0 Å². The van der Waals surface area contributed by atoms with Crippen molar-refractivity contribution in [3.63, 3.8) is 0 Å². The van der Waals surface area contributed by atoms with Gasteiger partial charge in [0.15, 0.2) is 0 Å². The fourth-order valence-corrected chi connectivity index (χ4v) is 1.97. The van der Waals surface area contributed by atoms with Crippen LogP contribution in [-0.4, -0.2) is 46.2 Å². The summed E-state index contributed by atoms with van der Waals surface area (Å²) in [6, 6.07) is 2.19. The molecule has 0 aliphatic carbocycles. The molecule has 0 spiro atoms. The third kappa shape index (κ3) is 3.78. The highest BCUT2D eigenvalue weighted by atomic mass is 16.5. The molecule has 0 unspecified atom stereocenters. The van der Waals surface area contributed by atoms with E-state index in [4.69, 9.17) is 4.74 Å². The predicted octanol–water partition coefficient (Wildman–Crippen LogP) is -1.81. The number of nitrogens with one attached hydrogen (secondary N) is 2. The maximum Gasteiger partial charge on any atom is 0.265 e. The van der Waals surface area contributed by atoms with E-state index < -0.39 is 22.6 Å². The highest BCUT2D eigenvalue weighted by Gasteiger charge is 2.30. The number of aromatic nitrogens is 2. The quantitative estimate of drug-likeness (QED) is 0.603. The molecule has 1 fully saturated rings. The van der Waals surface area contributed by atoms with E-state index >= 15 is 0 Å². The molecule has 1 aliphatic rings. The molecule has 0 radical (unpaired) electrons. The molecule has 110 valence electrons. The lowest BCUT2D eigenvalue weighted by Crippen LogP contribution is -2.48. The molecule has 0 aromatic carbocycles. The molecule has 0 bridgehead atoms. The molecule has 3 N–H and O–H groups in total. The molecule has 1 aromatic heterocycles. The van der Waals surface area contributed by atoms with Gasteiger partial charge in [-0.15, -0.1) is 0 Å². The molecule has 2 rings (SSSR count). The summed E-state index contributed by atoms with van der Waals surface area (Å²) in [6.45, 7) is 0.720. The van der Waals surface area contributed by atoms with Gasteiger partial charge in [-0.3, -0.25) is 19.5 Å². The van der Waals surface area contributed by atoms with Gasteiger partial charge in [-0.05, 0) is 0 Å². The van der Waals surface area contributed by atoms with Crippen LogP contribution in [0.4, 0.5) is 0 Å². The van der Waals surface area contributed by atoms with Crippen molar-refractivity contribution in [3.05, 3.63) is 32.8 Å². The summed E-state index contributed by atoms with van der Waals surface area (Å²) < 4.78 is 6.06. The van der Waals surface area contributed by atoms with E-state index in [2.05, 4.69) is 10.4 Å². The lowest BCUT2D eigenvalue weighted by Gasteiger charge is -2.32. The zero-order valence-electron chi connectivity index (χ0n) is 10.9. The normalized spacial score (nSPS) is 17.6. The second kappa shape index (κ2) is 6.02. The molecule has 1 saturated heterocycles. The van der Waals surface area contributed by atoms with E-state index in [1.54, 1.807) is 0 Å². The molecular formula is C12H17N3O5. The Labute approximate surface area is 114 Å². The number of aromatic amines is 1. The number of ether oxygens (including phenoxy) is 1. The van der Waals surface area contributed by atoms with E-state index in [1.165, 1.54) is 0 Å². The largest absolute Gasteiger partial charge is 0.388 e. The number of rotatable bonds is 4. The Morgan fingerprint density at radius 3 is 2.80 bits per heavy atom. The van der Waals surface area contributed by atoms with Crippen molar-refractivity contribution in [2.45, 2.75) is 25.0 Å². The molecule has 1 amide bonds. The maximum absolute atomic E-state index is 11.7. The molecule has 20 heavy (non-hydrogen) atoms. The average Bonchev–Trinajstić information content (AvgIpc) is 2.42. The number of carbonyl (C=O) groups is 1. The van der Waals surface area contributed by atoms with Gasteiger partial charge in [0.05, 0.1) is 5.60 Å². The highest BCUT2D eigenvalue weighted by Crippen LogP contribution is 2.18. The third-order valence-corrected chi connectivity index (χ3v) is 3.23. The molecule has 1 aromatic rings. The smallest absolute Gasteiger partial charge is 0.265 e. The second-order valence-electron chi connectivity index (χ2n) is 4.85. The van der Waals surface area contributed by atoms with Gasteiger partial charge in [0.2, 0.25) is 5.91 Å². The summed E-state index contributed by atoms with van der Waals surface area (Å²) in [5.41, 5.74) is -1.90. The van der Waals surface area contributed by atoms with Crippen molar-refractivity contribution < 1.29 is 14.6 Å². The third-order valence-electron chi connectivity index (χ3n) is 3.23. The van der Waals surface area contributed by atoms with Crippen LogP contribution >= 0.6 is 0 Å². The number of aliphatic hydroxyl groups is 1. The minimum Gasteiger partial charge on any atom is -0.388 e. The van der Waals surface area contributed by atoms with E-state index in [9.17, 15) is 19.5 Å². The van der Waals surface area contributed by atoms with Crippen molar-refractivity contribution in [2.24, 2.45) is 0 Å². The first kappa shape index (κ1) is 14.5. The van der Waals surface area contributed by atoms with Crippen molar-refractivity contribution in [2.75, 3.05) is 19.8 Å². The molecule has 2 heterocycles. The van der Waals surface area contributed by atoms with E-state index in [-0.39, 0.29) is 13.1 Å². The van der Waals surface area contributed by atoms with Crippen molar-refractivity contribution in [3.8, 4) is 0 Å². The maximum atomic E-state index is 11.7. The topological polar surface area (TPSA) is 113 Å². The van der Waals surface area contributed by atoms with Crippen LogP contribution in [0.15, 0.2) is 21.7 Å². The summed E-state index contributed by atoms with van der Waals surface area (Å²) >= 11 is 0. The van der Waals surface area contributed by atoms with Crippen molar-refractivity contribution >= 4 is 5.91 Å². The van der Waals surface area contributed by atoms with Crippen molar-refractivity contribution in [1.82, 2.24) is 15.1 Å². The van der Waals surface area contributed by atoms with Gasteiger partial charge < -0.3 is 15.2 Å². The van der Waals surface area contributed by atoms with Gasteiger partial charge in [-0.25, -0.2) is 4.68 Å². The van der Waals surface area contributed by atoms with Crippen LogP contribution < -0.4 is 16.4 Å². The van der Waals surface area contributed by atoms with E-state index in [1.807, 2.05) is 0 Å². The Balaban J connectivity index is 1.91. The minimum absolute atomic E-state index is 0.0982. The molecule has 8 heteroatoms. The zero-order valence-corrected chi connectivity index (χ0v) is 10.9. The monoisotopic (exact) mass is 283 g/mol. The van der Waals surface area contributed by atoms with Crippen LogP contribution in [0, 0.1) is 0 Å². The highest BCUT2D eigenvalue weighted by molar-refractivity contribution is 5.75. The first-order chi connectivity index (χ1) is 9.48. The minimum atomic E-state index is -0.969. The van der Waals surface area contributed by atoms with Crippen molar-refractivity contribution in [1.29, 1.82) is 0 Å². The molecule has 8 nitrogen and oxygen atoms in total. The van der Waals surface area contributed by atoms with Gasteiger partial charge in [0.25, 0.3) is 11.1 Å². The number of carbonyl (C=O) groups excluding carboxylic acids is 1. The summed E-state index contributed by atoms with van der Waals surface area (Å²) in [6.07, 6.45) is 0.908. The molecular weight excluding hydrogens is 266 g/mol. The Morgan fingerprint density at radius 2 is 2.10 bits per heavy atom. The number of nitrogens with zero attached hydrogens (tertiary/aromatic N) is 1. The summed E-state index contributed by atoms with van der Waals surface area (Å²) in [5, 5.41) is 15.0. The van der Waals surface area contributed by atoms with Crippen LogP contribution in [-0.2, 0) is 16.1 Å². The lowest BCUT2D eigenvalue weighted by molar-refractivity contribution is -0.124. The molecule has 0 atom stereocenters. The van der Waals surface area contributed by atoms with Gasteiger partial charge in [-0.1, -0.05) is 0 Å². The van der Waals surface area contributed by atoms with E-state index in [0.29, 0.717) is 26.1 Å². The molecule has 0 saturated carbocycles. The predicted molar refractivity (Wildman–Crippen MR) is 69.3 cm³/mol. The second-order valence-corrected chi connectivity index (χ2v) is 4.85. The average molecular weight is 283 g/mol. The van der Waals surface area contributed by atoms with E-state index in [0.717, 1.165) is 16.8 Å². The zero-order chi connectivity index (χ0) is 14.6. The first-order valence-corrected chi connectivity index (χ1v) is 6.36. The van der Waals surface area contributed by atoms with Gasteiger partial charge >= 0.3 is 0 Å². The Hall–Kier alpha value is -1.93. The van der Waals surface area contributed by atoms with Gasteiger partial charge in [0.1, 0.15) is 6.54 Å². The molecule has 1 aliphatic heterocycles. The summed E-state index contributed by atoms with van der Waals surface area (Å²) in [4.78, 5) is 34.2. The fourth-order valence-electron chi connectivity index (χ4n) is 1.97. The lowest BCUT2D eigenvalue weighted by atomic mass is 9.94. The standard InChI is InChI=1S/C12H17N3O5/c16-9-1-2-11(18)15(14-9)7-10(17)13-8-12(19)3-5-20-6-4-12/h1-2,19H,3-8H2,(H,13,17)(H,14,16). The van der Waals surface area contributed by atoms with Crippen LogP contribution in [0.1, 0.15) is 12.8 Å². The Morgan fingerprint density at radius 1 is 1.40 bits per heavy atom. The van der Waals surface area contributed by atoms with Crippen LogP contribution in [0.3, 0.4) is 0 Å². The van der Waals surface area contributed by atoms with Crippen LogP contribution in [0.5, 0.6) is 0 Å². The van der Waals surface area contributed by atoms with Gasteiger partial charge in [-0.2, -0.15) is 0 Å². The Bertz CT molecular complexity index is 585. The van der Waals surface area contributed by atoms with Gasteiger partial charge in [0, 0.05) is 44.7 Å². The number of amides is 1. The fraction of sp³-hybridized carbons (Fsp3) is 0.583. The first-order valence-electron chi connectivity index (χ1n) is 6.36. The number of hydrogen-bond acceptors (Lipinski definition) is 5. The SMILES string of the molecule is O=C(Cn1[nH]c(=O)ccc1=O)NCC1(O)CCOCC1.